The molecule has 4 rings (SSSR count). The van der Waals surface area contributed by atoms with E-state index in [4.69, 9.17) is 9.47 Å². The summed E-state index contributed by atoms with van der Waals surface area (Å²) in [6.07, 6.45) is 7.29. The summed E-state index contributed by atoms with van der Waals surface area (Å²) in [5, 5.41) is 0. The number of fused-ring (bicyclic) bond motifs is 2. The van der Waals surface area contributed by atoms with Gasteiger partial charge in [0.15, 0.2) is 17.2 Å². The first-order valence-electron chi connectivity index (χ1n) is 7.09. The fourth-order valence-corrected chi connectivity index (χ4v) is 4.65. The molecule has 3 atom stereocenters. The number of halogens is 1. The van der Waals surface area contributed by atoms with Gasteiger partial charge in [0.05, 0.1) is 19.5 Å². The Kier molecular flexibility index (Phi) is 2.67. The molecule has 1 aliphatic heterocycles. The highest BCUT2D eigenvalue weighted by Gasteiger charge is 2.67. The van der Waals surface area contributed by atoms with Crippen molar-refractivity contribution in [3.05, 3.63) is 35.1 Å². The number of ether oxygens (including phenoxy) is 2. The van der Waals surface area contributed by atoms with Crippen LogP contribution in [0.25, 0.3) is 0 Å². The summed E-state index contributed by atoms with van der Waals surface area (Å²) in [5.74, 6) is 0.762. The van der Waals surface area contributed by atoms with Crippen LogP contribution >= 0.6 is 15.9 Å². The SMILES string of the molecule is COC1=CC2=C(CC1)C(=O)[C@@]1(Br)C=CC(=O)[C@]3(CO3)[C@H]1C2. The van der Waals surface area contributed by atoms with Gasteiger partial charge >= 0.3 is 0 Å². The van der Waals surface area contributed by atoms with Gasteiger partial charge in [-0.05, 0) is 30.6 Å². The van der Waals surface area contributed by atoms with E-state index in [1.807, 2.05) is 6.08 Å². The fraction of sp³-hybridized carbons (Fsp3) is 0.500. The average molecular weight is 351 g/mol. The van der Waals surface area contributed by atoms with E-state index in [1.54, 1.807) is 13.2 Å². The molecule has 110 valence electrons. The van der Waals surface area contributed by atoms with Gasteiger partial charge in [-0.3, -0.25) is 9.59 Å². The van der Waals surface area contributed by atoms with Crippen molar-refractivity contribution >= 4 is 27.5 Å². The number of alkyl halides is 1. The molecule has 0 radical (unpaired) electrons. The summed E-state index contributed by atoms with van der Waals surface area (Å²) in [4.78, 5) is 25.1. The molecule has 0 N–H and O–H groups in total. The lowest BCUT2D eigenvalue weighted by Gasteiger charge is -2.43. The molecule has 1 fully saturated rings. The van der Waals surface area contributed by atoms with Gasteiger partial charge < -0.3 is 9.47 Å². The first-order chi connectivity index (χ1) is 10.0. The number of carbonyl (C=O) groups is 2. The van der Waals surface area contributed by atoms with Crippen LogP contribution in [0.3, 0.4) is 0 Å². The van der Waals surface area contributed by atoms with Crippen molar-refractivity contribution in [1.82, 2.24) is 0 Å². The number of allylic oxidation sites excluding steroid dienone is 5. The van der Waals surface area contributed by atoms with Crippen LogP contribution in [0.5, 0.6) is 0 Å². The maximum Gasteiger partial charge on any atom is 0.189 e. The monoisotopic (exact) mass is 350 g/mol. The standard InChI is InChI=1S/C16H15BrO4/c1-20-10-2-3-11-9(6-10)7-12-15(17,14(11)19)5-4-13(18)16(12)8-21-16/h4-6,12H,2-3,7-8H2,1H3/t12-,15+,16-/m0/s1. The highest BCUT2D eigenvalue weighted by molar-refractivity contribution is 9.10. The van der Waals surface area contributed by atoms with E-state index in [0.29, 0.717) is 19.4 Å². The third-order valence-corrected chi connectivity index (χ3v) is 6.25. The van der Waals surface area contributed by atoms with Crippen LogP contribution in [0.2, 0.25) is 0 Å². The van der Waals surface area contributed by atoms with E-state index >= 15 is 0 Å². The topological polar surface area (TPSA) is 55.9 Å². The van der Waals surface area contributed by atoms with E-state index in [-0.39, 0.29) is 17.5 Å². The average Bonchev–Trinajstić information content (AvgIpc) is 3.28. The van der Waals surface area contributed by atoms with Gasteiger partial charge in [-0.25, -0.2) is 0 Å². The Morgan fingerprint density at radius 3 is 2.81 bits per heavy atom. The van der Waals surface area contributed by atoms with Gasteiger partial charge in [0.25, 0.3) is 0 Å². The fourth-order valence-electron chi connectivity index (χ4n) is 3.75. The van der Waals surface area contributed by atoms with Crippen molar-refractivity contribution in [3.8, 4) is 0 Å². The Morgan fingerprint density at radius 1 is 1.38 bits per heavy atom. The minimum Gasteiger partial charge on any atom is -0.501 e. The van der Waals surface area contributed by atoms with Crippen molar-refractivity contribution in [3.63, 3.8) is 0 Å². The number of hydrogen-bond acceptors (Lipinski definition) is 4. The summed E-state index contributed by atoms with van der Waals surface area (Å²) in [7, 11) is 1.65. The molecule has 0 amide bonds. The molecule has 0 aromatic rings. The minimum absolute atomic E-state index is 0.0221. The normalized spacial score (nSPS) is 40.9. The van der Waals surface area contributed by atoms with Crippen molar-refractivity contribution in [1.29, 1.82) is 0 Å². The molecule has 0 aromatic carbocycles. The van der Waals surface area contributed by atoms with Crippen molar-refractivity contribution in [2.45, 2.75) is 29.2 Å². The summed E-state index contributed by atoms with van der Waals surface area (Å²) in [6, 6.07) is 0. The summed E-state index contributed by atoms with van der Waals surface area (Å²) >= 11 is 3.62. The highest BCUT2D eigenvalue weighted by atomic mass is 79.9. The zero-order valence-corrected chi connectivity index (χ0v) is 13.2. The first-order valence-corrected chi connectivity index (χ1v) is 7.88. The zero-order valence-electron chi connectivity index (χ0n) is 11.6. The van der Waals surface area contributed by atoms with Gasteiger partial charge in [0, 0.05) is 17.9 Å². The van der Waals surface area contributed by atoms with Crippen LogP contribution in [-0.2, 0) is 19.1 Å². The van der Waals surface area contributed by atoms with Crippen LogP contribution in [-0.4, -0.2) is 35.2 Å². The molecule has 4 nitrogen and oxygen atoms in total. The lowest BCUT2D eigenvalue weighted by molar-refractivity contribution is -0.125. The molecule has 0 aromatic heterocycles. The molecule has 3 aliphatic carbocycles. The molecular weight excluding hydrogens is 336 g/mol. The molecule has 21 heavy (non-hydrogen) atoms. The number of methoxy groups -OCH3 is 1. The predicted octanol–water partition coefficient (Wildman–Crippen LogP) is 2.24. The summed E-state index contributed by atoms with van der Waals surface area (Å²) < 4.78 is 10.0. The van der Waals surface area contributed by atoms with Crippen molar-refractivity contribution in [2.75, 3.05) is 13.7 Å². The molecular formula is C16H15BrO4. The lowest BCUT2D eigenvalue weighted by atomic mass is 9.64. The van der Waals surface area contributed by atoms with Gasteiger partial charge in [-0.1, -0.05) is 22.0 Å². The van der Waals surface area contributed by atoms with Crippen LogP contribution in [0, 0.1) is 5.92 Å². The number of ketones is 2. The second-order valence-electron chi connectivity index (χ2n) is 6.05. The van der Waals surface area contributed by atoms with Gasteiger partial charge in [0.1, 0.15) is 4.32 Å². The molecule has 0 unspecified atom stereocenters. The quantitative estimate of drug-likeness (QED) is 0.537. The Labute approximate surface area is 131 Å². The highest BCUT2D eigenvalue weighted by Crippen LogP contribution is 2.56. The zero-order chi connectivity index (χ0) is 14.8. The molecule has 0 saturated carbocycles. The summed E-state index contributed by atoms with van der Waals surface area (Å²) in [6.45, 7) is 0.408. The number of rotatable bonds is 1. The van der Waals surface area contributed by atoms with Crippen molar-refractivity contribution < 1.29 is 19.1 Å². The lowest BCUT2D eigenvalue weighted by Crippen LogP contribution is -2.54. The third kappa shape index (κ3) is 1.64. The molecule has 4 aliphatic rings. The Balaban J connectivity index is 1.83. The van der Waals surface area contributed by atoms with Crippen LogP contribution in [0.15, 0.2) is 35.1 Å². The smallest absolute Gasteiger partial charge is 0.189 e. The number of epoxide rings is 1. The van der Waals surface area contributed by atoms with E-state index in [0.717, 1.165) is 23.3 Å². The molecule has 0 bridgehead atoms. The minimum atomic E-state index is -0.801. The maximum absolute atomic E-state index is 12.9. The molecule has 1 heterocycles. The largest absolute Gasteiger partial charge is 0.501 e. The third-order valence-electron chi connectivity index (χ3n) is 5.07. The van der Waals surface area contributed by atoms with Crippen LogP contribution < -0.4 is 0 Å². The van der Waals surface area contributed by atoms with E-state index < -0.39 is 9.93 Å². The Morgan fingerprint density at radius 2 is 2.14 bits per heavy atom. The van der Waals surface area contributed by atoms with Gasteiger partial charge in [-0.15, -0.1) is 0 Å². The molecule has 5 heteroatoms. The Bertz CT molecular complexity index is 653. The number of hydrogen-bond donors (Lipinski definition) is 0. The predicted molar refractivity (Wildman–Crippen MR) is 79.0 cm³/mol. The van der Waals surface area contributed by atoms with Crippen LogP contribution in [0.1, 0.15) is 19.3 Å². The van der Waals surface area contributed by atoms with E-state index in [2.05, 4.69) is 15.9 Å². The molecule has 1 spiro atoms. The van der Waals surface area contributed by atoms with E-state index in [1.165, 1.54) is 6.08 Å². The number of Topliss-reactive ketones (excluding diaryl/α,β-unsaturated/α-hetero) is 1. The summed E-state index contributed by atoms with van der Waals surface area (Å²) in [5.41, 5.74) is 1.06. The second-order valence-corrected chi connectivity index (χ2v) is 7.36. The Hall–Kier alpha value is -1.20. The van der Waals surface area contributed by atoms with Crippen molar-refractivity contribution in [2.24, 2.45) is 5.92 Å². The van der Waals surface area contributed by atoms with E-state index in [9.17, 15) is 9.59 Å². The number of carbonyl (C=O) groups excluding carboxylic acids is 2. The molecule has 1 saturated heterocycles. The maximum atomic E-state index is 12.9. The van der Waals surface area contributed by atoms with Crippen LogP contribution in [0.4, 0.5) is 0 Å². The van der Waals surface area contributed by atoms with Gasteiger partial charge in [0.2, 0.25) is 0 Å². The second kappa shape index (κ2) is 4.17. The first kappa shape index (κ1) is 13.5. The van der Waals surface area contributed by atoms with Gasteiger partial charge in [-0.2, -0.15) is 0 Å².